The molecule has 0 rings (SSSR count). The van der Waals surface area contributed by atoms with Crippen LogP contribution in [-0.4, -0.2) is 38.9 Å². The van der Waals surface area contributed by atoms with Crippen molar-refractivity contribution in [3.05, 3.63) is 11.1 Å². The molecule has 0 spiro atoms. The van der Waals surface area contributed by atoms with Crippen molar-refractivity contribution in [3.8, 4) is 0 Å². The van der Waals surface area contributed by atoms with Crippen molar-refractivity contribution < 1.29 is 48.9 Å². The molecule has 0 aliphatic heterocycles. The number of carboxylic acid groups (broad SMARTS) is 1. The molecule has 0 N–H and O–H groups in total. The summed E-state index contributed by atoms with van der Waals surface area (Å²) in [5.41, 5.74) is 0.508. The van der Waals surface area contributed by atoms with Crippen LogP contribution in [-0.2, 0) is 14.3 Å². The van der Waals surface area contributed by atoms with Crippen LogP contribution in [0.15, 0.2) is 11.1 Å². The molecular formula is C12H14Cl7NaO4. The second-order valence-electron chi connectivity index (χ2n) is 4.50. The average Bonchev–Trinajstić information content (AvgIpc) is 2.38. The number of ether oxygens (including phenoxy) is 2. The van der Waals surface area contributed by atoms with Crippen molar-refractivity contribution in [2.75, 3.05) is 19.1 Å². The first-order valence-electron chi connectivity index (χ1n) is 6.18. The van der Waals surface area contributed by atoms with E-state index in [1.54, 1.807) is 6.92 Å². The summed E-state index contributed by atoms with van der Waals surface area (Å²) in [4.78, 5) is 11.1. The van der Waals surface area contributed by atoms with Crippen molar-refractivity contribution in [2.24, 2.45) is 0 Å². The number of hydrogen-bond acceptors (Lipinski definition) is 4. The molecule has 0 aromatic rings. The van der Waals surface area contributed by atoms with Gasteiger partial charge in [0.15, 0.2) is 6.29 Å². The summed E-state index contributed by atoms with van der Waals surface area (Å²) in [6.07, 6.45) is -0.775. The minimum absolute atomic E-state index is 0. The molecule has 0 aliphatic carbocycles. The number of carbonyl (C=O) groups is 1. The normalized spacial score (nSPS) is 13.5. The van der Waals surface area contributed by atoms with Gasteiger partial charge in [0.25, 0.3) is 0 Å². The predicted octanol–water partition coefficient (Wildman–Crippen LogP) is 1.18. The van der Waals surface area contributed by atoms with Crippen LogP contribution < -0.4 is 34.7 Å². The van der Waals surface area contributed by atoms with E-state index in [0.29, 0.717) is 5.57 Å². The standard InChI is InChI=1S/C12H15Cl7O4.Na/c1-7(4-13)8(10(20)21)2-3-9(22-5-11(14,15)16)23-6-12(17,18)19;/h9H,2-6H2,1H3,(H,20,21);/q;+1/p-1/b8-7-;. The van der Waals surface area contributed by atoms with Crippen LogP contribution in [0.3, 0.4) is 0 Å². The number of rotatable bonds is 9. The van der Waals surface area contributed by atoms with Crippen LogP contribution in [0.25, 0.3) is 0 Å². The molecule has 0 aromatic heterocycles. The molecule has 0 fully saturated rings. The van der Waals surface area contributed by atoms with E-state index in [1.807, 2.05) is 0 Å². The topological polar surface area (TPSA) is 58.6 Å². The first kappa shape index (κ1) is 28.4. The fraction of sp³-hybridized carbons (Fsp3) is 0.750. The van der Waals surface area contributed by atoms with Gasteiger partial charge in [-0.1, -0.05) is 75.2 Å². The van der Waals surface area contributed by atoms with E-state index >= 15 is 0 Å². The van der Waals surface area contributed by atoms with E-state index in [-0.39, 0.29) is 67.1 Å². The monoisotopic (exact) mass is 490 g/mol. The molecule has 136 valence electrons. The van der Waals surface area contributed by atoms with Gasteiger partial charge in [0.2, 0.25) is 7.59 Å². The van der Waals surface area contributed by atoms with Crippen LogP contribution in [0.5, 0.6) is 0 Å². The van der Waals surface area contributed by atoms with Crippen LogP contribution in [0.2, 0.25) is 0 Å². The molecule has 0 atom stereocenters. The Kier molecular flexibility index (Phi) is 15.8. The smallest absolute Gasteiger partial charge is 0.545 e. The summed E-state index contributed by atoms with van der Waals surface area (Å²) in [5, 5.41) is 11.1. The molecule has 0 heterocycles. The molecule has 0 bridgehead atoms. The second-order valence-corrected chi connectivity index (χ2v) is 9.80. The van der Waals surface area contributed by atoms with Gasteiger partial charge in [-0.05, 0) is 18.9 Å². The molecule has 12 heteroatoms. The first-order valence-corrected chi connectivity index (χ1v) is 8.98. The maximum atomic E-state index is 11.1. The molecule has 0 unspecified atom stereocenters. The van der Waals surface area contributed by atoms with Gasteiger partial charge >= 0.3 is 29.6 Å². The third-order valence-electron chi connectivity index (χ3n) is 2.46. The van der Waals surface area contributed by atoms with Gasteiger partial charge in [0.1, 0.15) is 0 Å². The SMILES string of the molecule is C/C(CCl)=C(\CCC(OCC(Cl)(Cl)Cl)OCC(Cl)(Cl)Cl)C(=O)[O-].[Na+]. The minimum Gasteiger partial charge on any atom is -0.545 e. The molecule has 4 nitrogen and oxygen atoms in total. The summed E-state index contributed by atoms with van der Waals surface area (Å²) in [6.45, 7) is 1.000. The number of allylic oxidation sites excluding steroid dienone is 1. The van der Waals surface area contributed by atoms with Crippen molar-refractivity contribution in [2.45, 2.75) is 33.6 Å². The third kappa shape index (κ3) is 15.2. The Morgan fingerprint density at radius 1 is 1.04 bits per heavy atom. The van der Waals surface area contributed by atoms with Gasteiger partial charge in [0.05, 0.1) is 19.2 Å². The van der Waals surface area contributed by atoms with E-state index in [4.69, 9.17) is 90.7 Å². The van der Waals surface area contributed by atoms with Crippen LogP contribution in [0.1, 0.15) is 19.8 Å². The quantitative estimate of drug-likeness (QED) is 0.210. The Morgan fingerprint density at radius 3 is 1.75 bits per heavy atom. The second kappa shape index (κ2) is 13.4. The van der Waals surface area contributed by atoms with E-state index in [9.17, 15) is 9.90 Å². The Balaban J connectivity index is 0. The van der Waals surface area contributed by atoms with Gasteiger partial charge in [-0.15, -0.1) is 11.6 Å². The van der Waals surface area contributed by atoms with E-state index in [0.717, 1.165) is 0 Å². The fourth-order valence-electron chi connectivity index (χ4n) is 1.42. The van der Waals surface area contributed by atoms with Crippen LogP contribution in [0, 0.1) is 0 Å². The molecule has 0 aliphatic rings. The number of aliphatic carboxylic acids is 1. The van der Waals surface area contributed by atoms with Crippen molar-refractivity contribution in [1.82, 2.24) is 0 Å². The Bertz CT molecular complexity index is 403. The summed E-state index contributed by atoms with van der Waals surface area (Å²) in [6, 6.07) is 0. The molecule has 0 saturated carbocycles. The van der Waals surface area contributed by atoms with E-state index in [1.165, 1.54) is 0 Å². The number of hydrogen-bond donors (Lipinski definition) is 0. The molecule has 0 amide bonds. The van der Waals surface area contributed by atoms with Gasteiger partial charge < -0.3 is 19.4 Å². The summed E-state index contributed by atoms with van der Waals surface area (Å²) in [5.74, 6) is -1.28. The number of carbonyl (C=O) groups excluding carboxylic acids is 1. The zero-order valence-corrected chi connectivity index (χ0v) is 20.2. The van der Waals surface area contributed by atoms with Crippen molar-refractivity contribution in [1.29, 1.82) is 0 Å². The van der Waals surface area contributed by atoms with E-state index < -0.39 is 19.8 Å². The number of carboxylic acids is 1. The van der Waals surface area contributed by atoms with Crippen LogP contribution in [0.4, 0.5) is 0 Å². The molecule has 24 heavy (non-hydrogen) atoms. The summed E-state index contributed by atoms with van der Waals surface area (Å²) in [7, 11) is 0. The van der Waals surface area contributed by atoms with E-state index in [2.05, 4.69) is 0 Å². The van der Waals surface area contributed by atoms with Gasteiger partial charge in [-0.25, -0.2) is 0 Å². The average molecular weight is 493 g/mol. The Morgan fingerprint density at radius 2 is 1.46 bits per heavy atom. The number of halogens is 7. The molecular weight excluding hydrogens is 479 g/mol. The molecule has 0 radical (unpaired) electrons. The Labute approximate surface area is 198 Å². The van der Waals surface area contributed by atoms with Gasteiger partial charge in [-0.3, -0.25) is 0 Å². The van der Waals surface area contributed by atoms with Crippen LogP contribution >= 0.6 is 81.2 Å². The molecule has 0 aromatic carbocycles. The predicted molar refractivity (Wildman–Crippen MR) is 93.9 cm³/mol. The summed E-state index contributed by atoms with van der Waals surface area (Å²) < 4.78 is 7.23. The Hall–Kier alpha value is 2.16. The summed E-state index contributed by atoms with van der Waals surface area (Å²) >= 11 is 39.2. The zero-order chi connectivity index (χ0) is 18.3. The van der Waals surface area contributed by atoms with Crippen molar-refractivity contribution >= 4 is 87.2 Å². The van der Waals surface area contributed by atoms with Gasteiger partial charge in [0, 0.05) is 12.3 Å². The third-order valence-corrected chi connectivity index (χ3v) is 3.51. The fourth-order valence-corrected chi connectivity index (χ4v) is 1.96. The maximum Gasteiger partial charge on any atom is 1.00 e. The zero-order valence-electron chi connectivity index (χ0n) is 12.9. The maximum absolute atomic E-state index is 11.1. The largest absolute Gasteiger partial charge is 1.00 e. The van der Waals surface area contributed by atoms with Gasteiger partial charge in [-0.2, -0.15) is 0 Å². The number of alkyl halides is 7. The molecule has 0 saturated heterocycles. The first-order chi connectivity index (χ1) is 10.4. The van der Waals surface area contributed by atoms with Crippen molar-refractivity contribution in [3.63, 3.8) is 0 Å². The minimum atomic E-state index is -1.67.